The number of aryl methyl sites for hydroxylation is 1. The van der Waals surface area contributed by atoms with Gasteiger partial charge >= 0.3 is 5.97 Å². The summed E-state index contributed by atoms with van der Waals surface area (Å²) in [5.74, 6) is 0.383. The average molecular weight is 415 g/mol. The molecule has 0 unspecified atom stereocenters. The van der Waals surface area contributed by atoms with Crippen LogP contribution in [-0.2, 0) is 16.1 Å². The quantitative estimate of drug-likeness (QED) is 0.483. The Morgan fingerprint density at radius 1 is 1.21 bits per heavy atom. The van der Waals surface area contributed by atoms with Gasteiger partial charge in [0.05, 0.1) is 18.7 Å². The molecule has 0 radical (unpaired) electrons. The maximum Gasteiger partial charge on any atom is 0.338 e. The van der Waals surface area contributed by atoms with Gasteiger partial charge in [0, 0.05) is 23.7 Å². The van der Waals surface area contributed by atoms with Crippen LogP contribution in [-0.4, -0.2) is 23.1 Å². The number of carbonyl (C=O) groups excluding carboxylic acids is 2. The molecule has 0 aliphatic carbocycles. The van der Waals surface area contributed by atoms with Crippen molar-refractivity contribution in [1.29, 1.82) is 0 Å². The number of fused-ring (bicyclic) bond motifs is 1. The minimum absolute atomic E-state index is 0.169. The van der Waals surface area contributed by atoms with Crippen LogP contribution in [0.15, 0.2) is 42.5 Å². The molecule has 3 aromatic rings. The first-order valence-corrected chi connectivity index (χ1v) is 10.0. The summed E-state index contributed by atoms with van der Waals surface area (Å²) in [4.78, 5) is 25.2. The topological polar surface area (TPSA) is 64.2 Å². The molecule has 3 rings (SSSR count). The normalized spacial score (nSPS) is 12.0. The van der Waals surface area contributed by atoms with Crippen LogP contribution in [0.1, 0.15) is 43.0 Å². The Morgan fingerprint density at radius 3 is 2.62 bits per heavy atom. The van der Waals surface area contributed by atoms with Gasteiger partial charge in [-0.15, -0.1) is 0 Å². The second kappa shape index (κ2) is 8.66. The highest BCUT2D eigenvalue weighted by molar-refractivity contribution is 6.30. The molecule has 0 spiro atoms. The second-order valence-electron chi connectivity index (χ2n) is 6.76. The van der Waals surface area contributed by atoms with Crippen molar-refractivity contribution in [3.63, 3.8) is 0 Å². The smallest absolute Gasteiger partial charge is 0.338 e. The number of rotatable bonds is 6. The molecule has 0 fully saturated rings. The van der Waals surface area contributed by atoms with Crippen molar-refractivity contribution < 1.29 is 18.9 Å². The van der Waals surface area contributed by atoms with E-state index in [0.717, 1.165) is 23.4 Å². The summed E-state index contributed by atoms with van der Waals surface area (Å²) in [6.45, 7) is 8.68. The number of anilines is 1. The number of aromatic nitrogens is 2. The van der Waals surface area contributed by atoms with E-state index in [4.69, 9.17) is 16.3 Å². The zero-order valence-electron chi connectivity index (χ0n) is 17.0. The maximum atomic E-state index is 13.0. The number of amides is 1. The van der Waals surface area contributed by atoms with Gasteiger partial charge in [0.1, 0.15) is 0 Å². The maximum absolute atomic E-state index is 13.0. The minimum atomic E-state index is -0.498. The van der Waals surface area contributed by atoms with Gasteiger partial charge in [-0.1, -0.05) is 17.7 Å². The van der Waals surface area contributed by atoms with Crippen LogP contribution in [0.4, 0.5) is 5.69 Å². The number of hydrogen-bond acceptors (Lipinski definition) is 3. The Bertz CT molecular complexity index is 1070. The van der Waals surface area contributed by atoms with Crippen molar-refractivity contribution in [1.82, 2.24) is 4.57 Å². The molecule has 0 saturated heterocycles. The highest BCUT2D eigenvalue weighted by Crippen LogP contribution is 2.23. The molecule has 6 nitrogen and oxygen atoms in total. The monoisotopic (exact) mass is 414 g/mol. The Morgan fingerprint density at radius 2 is 1.97 bits per heavy atom. The predicted molar refractivity (Wildman–Crippen MR) is 113 cm³/mol. The molecule has 1 aromatic heterocycles. The molecule has 152 valence electrons. The van der Waals surface area contributed by atoms with Crippen molar-refractivity contribution in [3.8, 4) is 0 Å². The van der Waals surface area contributed by atoms with E-state index in [1.54, 1.807) is 43.3 Å². The van der Waals surface area contributed by atoms with E-state index in [9.17, 15) is 9.59 Å². The number of ether oxygens (including phenoxy) is 1. The Labute approximate surface area is 175 Å². The van der Waals surface area contributed by atoms with E-state index < -0.39 is 6.04 Å². The first kappa shape index (κ1) is 20.9. The minimum Gasteiger partial charge on any atom is -0.462 e. The molecule has 0 bridgehead atoms. The summed E-state index contributed by atoms with van der Waals surface area (Å²) in [5.41, 5.74) is 2.87. The number of halogens is 1. The van der Waals surface area contributed by atoms with E-state index >= 15 is 0 Å². The van der Waals surface area contributed by atoms with Crippen molar-refractivity contribution in [3.05, 3.63) is 58.9 Å². The van der Waals surface area contributed by atoms with E-state index in [2.05, 4.69) is 9.88 Å². The number of esters is 1. The zero-order chi connectivity index (χ0) is 21.1. The highest BCUT2D eigenvalue weighted by Gasteiger charge is 2.30. The van der Waals surface area contributed by atoms with Crippen LogP contribution in [0, 0.1) is 6.92 Å². The van der Waals surface area contributed by atoms with Crippen LogP contribution < -0.4 is 9.88 Å². The number of nitrogens with one attached hydrogen (secondary N) is 1. The van der Waals surface area contributed by atoms with Gasteiger partial charge in [0.15, 0.2) is 17.1 Å². The van der Waals surface area contributed by atoms with Crippen LogP contribution >= 0.6 is 11.6 Å². The van der Waals surface area contributed by atoms with Gasteiger partial charge in [-0.25, -0.2) is 13.9 Å². The molecule has 7 heteroatoms. The largest absolute Gasteiger partial charge is 0.462 e. The molecular formula is C22H25ClN3O3+. The SMILES string of the molecule is CCOC(=O)c1ccc2c(c1)n([C@H](C)C(=O)Nc1cccc(Cl)c1)c(C)[n+]2CC. The predicted octanol–water partition coefficient (Wildman–Crippen LogP) is 4.29. The number of hydrogen-bond donors (Lipinski definition) is 1. The van der Waals surface area contributed by atoms with Crippen molar-refractivity contribution in [2.24, 2.45) is 0 Å². The van der Waals surface area contributed by atoms with Crippen LogP contribution in [0.2, 0.25) is 5.02 Å². The summed E-state index contributed by atoms with van der Waals surface area (Å²) in [5, 5.41) is 3.47. The Hall–Kier alpha value is -2.86. The molecule has 1 N–H and O–H groups in total. The molecule has 1 amide bonds. The summed E-state index contributed by atoms with van der Waals surface area (Å²) in [7, 11) is 0. The van der Waals surface area contributed by atoms with Crippen molar-refractivity contribution in [2.45, 2.75) is 40.3 Å². The summed E-state index contributed by atoms with van der Waals surface area (Å²) in [6.07, 6.45) is 0. The Balaban J connectivity index is 2.04. The number of imidazole rings is 1. The summed E-state index contributed by atoms with van der Waals surface area (Å²) >= 11 is 6.02. The molecule has 1 heterocycles. The van der Waals surface area contributed by atoms with Gasteiger partial charge in [0.25, 0.3) is 11.7 Å². The standard InChI is InChI=1S/C22H24ClN3O3/c1-5-25-15(4)26(14(3)21(27)24-18-9-7-8-17(23)13-18)20-12-16(10-11-19(20)25)22(28)29-6-2/h7-14H,5-6H2,1-4H3/p+1/t14-/m1/s1. The van der Waals surface area contributed by atoms with Gasteiger partial charge in [-0.05, 0) is 51.1 Å². The second-order valence-corrected chi connectivity index (χ2v) is 7.20. The third-order valence-electron chi connectivity index (χ3n) is 4.95. The summed E-state index contributed by atoms with van der Waals surface area (Å²) < 4.78 is 9.20. The molecular weight excluding hydrogens is 390 g/mol. The number of carbonyl (C=O) groups is 2. The van der Waals surface area contributed by atoms with E-state index in [0.29, 0.717) is 22.9 Å². The molecule has 1 atom stereocenters. The third-order valence-corrected chi connectivity index (χ3v) is 5.19. The molecule has 0 aliphatic heterocycles. The fraction of sp³-hybridized carbons (Fsp3) is 0.318. The lowest BCUT2D eigenvalue weighted by Crippen LogP contribution is -2.36. The Kier molecular flexibility index (Phi) is 6.23. The van der Waals surface area contributed by atoms with Gasteiger partial charge in [0.2, 0.25) is 0 Å². The van der Waals surface area contributed by atoms with Crippen LogP contribution in [0.5, 0.6) is 0 Å². The van der Waals surface area contributed by atoms with E-state index in [1.807, 2.05) is 31.4 Å². The van der Waals surface area contributed by atoms with Crippen molar-refractivity contribution >= 4 is 40.2 Å². The molecule has 29 heavy (non-hydrogen) atoms. The fourth-order valence-electron chi connectivity index (χ4n) is 3.58. The van der Waals surface area contributed by atoms with Crippen LogP contribution in [0.25, 0.3) is 11.0 Å². The average Bonchev–Trinajstić information content (AvgIpc) is 2.97. The number of nitrogens with zero attached hydrogens (tertiary/aromatic N) is 2. The zero-order valence-corrected chi connectivity index (χ0v) is 17.8. The summed E-state index contributed by atoms with van der Waals surface area (Å²) in [6, 6.07) is 12.0. The lowest BCUT2D eigenvalue weighted by Gasteiger charge is -2.12. The third kappa shape index (κ3) is 4.12. The van der Waals surface area contributed by atoms with E-state index in [1.165, 1.54) is 0 Å². The van der Waals surface area contributed by atoms with Gasteiger partial charge in [-0.2, -0.15) is 0 Å². The van der Waals surface area contributed by atoms with Gasteiger partial charge < -0.3 is 10.1 Å². The lowest BCUT2D eigenvalue weighted by atomic mass is 10.2. The van der Waals surface area contributed by atoms with E-state index in [-0.39, 0.29) is 11.9 Å². The van der Waals surface area contributed by atoms with Crippen molar-refractivity contribution in [2.75, 3.05) is 11.9 Å². The number of benzene rings is 2. The van der Waals surface area contributed by atoms with Gasteiger partial charge in [-0.3, -0.25) is 4.79 Å². The first-order chi connectivity index (χ1) is 13.9. The fourth-order valence-corrected chi connectivity index (χ4v) is 3.77. The van der Waals surface area contributed by atoms with Crippen LogP contribution in [0.3, 0.4) is 0 Å². The molecule has 2 aromatic carbocycles. The lowest BCUT2D eigenvalue weighted by molar-refractivity contribution is -0.675. The molecule has 0 aliphatic rings. The highest BCUT2D eigenvalue weighted by atomic mass is 35.5. The first-order valence-electron chi connectivity index (χ1n) is 9.65. The molecule has 0 saturated carbocycles.